The van der Waals surface area contributed by atoms with Crippen molar-refractivity contribution in [3.05, 3.63) is 68.6 Å². The van der Waals surface area contributed by atoms with Gasteiger partial charge in [-0.15, -0.1) is 11.3 Å². The van der Waals surface area contributed by atoms with E-state index in [4.69, 9.17) is 27.9 Å². The molecule has 3 aromatic rings. The number of ketones is 1. The van der Waals surface area contributed by atoms with Crippen molar-refractivity contribution in [2.75, 3.05) is 11.9 Å². The number of hydrogen-bond acceptors (Lipinski definition) is 5. The van der Waals surface area contributed by atoms with Crippen LogP contribution in [0.4, 0.5) is 24.0 Å². The second-order valence-electron chi connectivity index (χ2n) is 7.28. The summed E-state index contributed by atoms with van der Waals surface area (Å²) in [6, 6.07) is 8.67. The Bertz CT molecular complexity index is 1120. The first-order chi connectivity index (χ1) is 15.7. The Morgan fingerprint density at radius 2 is 1.91 bits per heavy atom. The summed E-state index contributed by atoms with van der Waals surface area (Å²) in [7, 11) is 0. The van der Waals surface area contributed by atoms with Crippen LogP contribution in [0.25, 0.3) is 0 Å². The van der Waals surface area contributed by atoms with E-state index in [2.05, 4.69) is 10.3 Å². The second kappa shape index (κ2) is 11.2. The summed E-state index contributed by atoms with van der Waals surface area (Å²) in [5.41, 5.74) is 0.222. The maximum absolute atomic E-state index is 13.5. The molecule has 4 nitrogen and oxygen atoms in total. The van der Waals surface area contributed by atoms with Crippen molar-refractivity contribution in [1.29, 1.82) is 0 Å². The van der Waals surface area contributed by atoms with Gasteiger partial charge in [0.25, 0.3) is 0 Å². The quantitative estimate of drug-likeness (QED) is 0.218. The number of unbranched alkanes of at least 4 members (excludes halogenated alkanes) is 2. The van der Waals surface area contributed by atoms with Crippen LogP contribution >= 0.6 is 34.5 Å². The van der Waals surface area contributed by atoms with Gasteiger partial charge in [0.15, 0.2) is 10.9 Å². The van der Waals surface area contributed by atoms with Crippen molar-refractivity contribution in [1.82, 2.24) is 4.98 Å². The number of carbonyl (C=O) groups is 1. The number of halogens is 5. The van der Waals surface area contributed by atoms with Crippen LogP contribution < -0.4 is 10.1 Å². The molecular weight excluding hydrogens is 496 g/mol. The van der Waals surface area contributed by atoms with Gasteiger partial charge >= 0.3 is 6.18 Å². The molecule has 0 amide bonds. The first-order valence-corrected chi connectivity index (χ1v) is 11.8. The van der Waals surface area contributed by atoms with Gasteiger partial charge in [-0.2, -0.15) is 13.2 Å². The van der Waals surface area contributed by atoms with Crippen LogP contribution in [0.3, 0.4) is 0 Å². The van der Waals surface area contributed by atoms with Crippen LogP contribution in [-0.2, 0) is 12.6 Å². The number of thiazole rings is 1. The highest BCUT2D eigenvalue weighted by atomic mass is 35.5. The molecule has 1 heterocycles. The molecule has 33 heavy (non-hydrogen) atoms. The summed E-state index contributed by atoms with van der Waals surface area (Å²) in [6.07, 6.45) is -1.98. The minimum absolute atomic E-state index is 0.0718. The Morgan fingerprint density at radius 1 is 1.12 bits per heavy atom. The fraction of sp³-hybridized carbons (Fsp3) is 0.304. The molecule has 0 spiro atoms. The molecule has 0 saturated heterocycles. The number of ether oxygens (including phenoxy) is 1. The number of hydrogen-bond donors (Lipinski definition) is 1. The Hall–Kier alpha value is -2.29. The standard InChI is InChI=1S/C23H21Cl2F3N2O2S/c1-2-3-4-9-32-21-8-6-15(12-16(21)23(26,27)28)29-22-30-19(13-33-22)20(31)11-14-5-7-17(24)18(25)10-14/h5-8,10,12-13H,2-4,9,11H2,1H3,(H,29,30). The van der Waals surface area contributed by atoms with E-state index in [0.29, 0.717) is 27.2 Å². The van der Waals surface area contributed by atoms with Gasteiger partial charge in [-0.05, 0) is 42.3 Å². The lowest BCUT2D eigenvalue weighted by atomic mass is 10.1. The zero-order valence-electron chi connectivity index (χ0n) is 17.6. The number of alkyl halides is 3. The zero-order valence-corrected chi connectivity index (χ0v) is 20.0. The lowest BCUT2D eigenvalue weighted by Gasteiger charge is -2.15. The largest absolute Gasteiger partial charge is 0.493 e. The Morgan fingerprint density at radius 3 is 2.61 bits per heavy atom. The smallest absolute Gasteiger partial charge is 0.420 e. The van der Waals surface area contributed by atoms with Gasteiger partial charge in [-0.1, -0.05) is 49.0 Å². The summed E-state index contributed by atoms with van der Waals surface area (Å²) in [5, 5.41) is 5.43. The molecule has 0 bridgehead atoms. The van der Waals surface area contributed by atoms with Crippen molar-refractivity contribution in [3.63, 3.8) is 0 Å². The molecule has 0 atom stereocenters. The first-order valence-electron chi connectivity index (χ1n) is 10.2. The highest BCUT2D eigenvalue weighted by Crippen LogP contribution is 2.38. The van der Waals surface area contributed by atoms with Crippen LogP contribution in [0.1, 0.15) is 47.8 Å². The summed E-state index contributed by atoms with van der Waals surface area (Å²) in [5.74, 6) is -0.453. The number of nitrogens with one attached hydrogen (secondary N) is 1. The molecule has 176 valence electrons. The summed E-state index contributed by atoms with van der Waals surface area (Å²) in [4.78, 5) is 16.7. The third-order valence-corrected chi connectivity index (χ3v) is 6.18. The van der Waals surface area contributed by atoms with Crippen molar-refractivity contribution in [2.24, 2.45) is 0 Å². The normalized spacial score (nSPS) is 11.5. The van der Waals surface area contributed by atoms with E-state index in [1.54, 1.807) is 23.6 Å². The van der Waals surface area contributed by atoms with Gasteiger partial charge in [-0.25, -0.2) is 4.98 Å². The molecule has 10 heteroatoms. The molecule has 0 aliphatic heterocycles. The van der Waals surface area contributed by atoms with Gasteiger partial charge in [-0.3, -0.25) is 4.79 Å². The van der Waals surface area contributed by atoms with Crippen LogP contribution in [0.5, 0.6) is 5.75 Å². The molecule has 1 aromatic heterocycles. The minimum Gasteiger partial charge on any atom is -0.493 e. The van der Waals surface area contributed by atoms with E-state index in [9.17, 15) is 18.0 Å². The fourth-order valence-electron chi connectivity index (χ4n) is 3.00. The third-order valence-electron chi connectivity index (χ3n) is 4.68. The maximum atomic E-state index is 13.5. The van der Waals surface area contributed by atoms with E-state index in [-0.39, 0.29) is 35.9 Å². The van der Waals surface area contributed by atoms with Gasteiger partial charge in [0.05, 0.1) is 22.2 Å². The number of benzene rings is 2. The van der Waals surface area contributed by atoms with E-state index in [0.717, 1.165) is 30.2 Å². The van der Waals surface area contributed by atoms with E-state index < -0.39 is 11.7 Å². The molecule has 2 aromatic carbocycles. The zero-order chi connectivity index (χ0) is 24.0. The number of carbonyl (C=O) groups excluding carboxylic acids is 1. The van der Waals surface area contributed by atoms with Gasteiger partial charge in [0.2, 0.25) is 0 Å². The number of anilines is 2. The molecule has 0 aliphatic carbocycles. The van der Waals surface area contributed by atoms with Crippen LogP contribution in [0.15, 0.2) is 41.8 Å². The minimum atomic E-state index is -4.57. The Labute approximate surface area is 203 Å². The van der Waals surface area contributed by atoms with Crippen molar-refractivity contribution in [2.45, 2.75) is 38.8 Å². The SMILES string of the molecule is CCCCCOc1ccc(Nc2nc(C(=O)Cc3ccc(Cl)c(Cl)c3)cs2)cc1C(F)(F)F. The van der Waals surface area contributed by atoms with Gasteiger partial charge in [0, 0.05) is 17.5 Å². The topological polar surface area (TPSA) is 51.2 Å². The predicted molar refractivity (Wildman–Crippen MR) is 126 cm³/mol. The fourth-order valence-corrected chi connectivity index (χ4v) is 4.05. The number of Topliss-reactive ketones (excluding diaryl/α,β-unsaturated/α-hetero) is 1. The average molecular weight is 517 g/mol. The molecule has 0 aliphatic rings. The van der Waals surface area contributed by atoms with Crippen LogP contribution in [-0.4, -0.2) is 17.4 Å². The van der Waals surface area contributed by atoms with Gasteiger partial charge in [0.1, 0.15) is 11.4 Å². The number of nitrogens with zero attached hydrogens (tertiary/aromatic N) is 1. The Kier molecular flexibility index (Phi) is 8.62. The molecule has 0 radical (unpaired) electrons. The maximum Gasteiger partial charge on any atom is 0.420 e. The van der Waals surface area contributed by atoms with E-state index >= 15 is 0 Å². The van der Waals surface area contributed by atoms with Crippen molar-refractivity contribution >= 4 is 51.1 Å². The average Bonchev–Trinajstić information content (AvgIpc) is 3.22. The Balaban J connectivity index is 1.70. The van der Waals surface area contributed by atoms with Gasteiger partial charge < -0.3 is 10.1 Å². The van der Waals surface area contributed by atoms with E-state index in [1.807, 2.05) is 6.92 Å². The first kappa shape index (κ1) is 25.3. The highest BCUT2D eigenvalue weighted by Gasteiger charge is 2.34. The van der Waals surface area contributed by atoms with Crippen LogP contribution in [0, 0.1) is 0 Å². The highest BCUT2D eigenvalue weighted by molar-refractivity contribution is 7.14. The lowest BCUT2D eigenvalue weighted by molar-refractivity contribution is -0.138. The van der Waals surface area contributed by atoms with E-state index in [1.165, 1.54) is 12.1 Å². The van der Waals surface area contributed by atoms with Crippen molar-refractivity contribution < 1.29 is 22.7 Å². The number of aromatic nitrogens is 1. The second-order valence-corrected chi connectivity index (χ2v) is 8.95. The molecule has 3 rings (SSSR count). The third kappa shape index (κ3) is 7.09. The predicted octanol–water partition coefficient (Wildman–Crippen LogP) is 8.21. The summed E-state index contributed by atoms with van der Waals surface area (Å²) in [6.45, 7) is 2.23. The summed E-state index contributed by atoms with van der Waals surface area (Å²) >= 11 is 13.0. The van der Waals surface area contributed by atoms with Crippen molar-refractivity contribution in [3.8, 4) is 5.75 Å². The van der Waals surface area contributed by atoms with Crippen LogP contribution in [0.2, 0.25) is 10.0 Å². The number of rotatable bonds is 10. The molecule has 0 saturated carbocycles. The molecular formula is C23H21Cl2F3N2O2S. The summed E-state index contributed by atoms with van der Waals surface area (Å²) < 4.78 is 45.9. The lowest BCUT2D eigenvalue weighted by Crippen LogP contribution is -2.10. The molecule has 1 N–H and O–H groups in total. The monoisotopic (exact) mass is 516 g/mol. The molecule has 0 fully saturated rings. The molecule has 0 unspecified atom stereocenters.